The van der Waals surface area contributed by atoms with Gasteiger partial charge in [-0.2, -0.15) is 0 Å². The first kappa shape index (κ1) is 27.2. The van der Waals surface area contributed by atoms with Gasteiger partial charge in [0.1, 0.15) is 17.1 Å². The molecule has 0 aliphatic carbocycles. The molecule has 9 heteroatoms. The summed E-state index contributed by atoms with van der Waals surface area (Å²) in [5, 5.41) is 1.02. The van der Waals surface area contributed by atoms with E-state index in [1.54, 1.807) is 102 Å². The minimum atomic E-state index is -3.85. The Bertz CT molecular complexity index is 1550. The molecule has 0 radical (unpaired) electrons. The molecule has 0 spiro atoms. The predicted octanol–water partition coefficient (Wildman–Crippen LogP) is 6.11. The minimum Gasteiger partial charge on any atom is -0.489 e. The van der Waals surface area contributed by atoms with Gasteiger partial charge in [-0.1, -0.05) is 59.6 Å². The van der Waals surface area contributed by atoms with E-state index in [0.29, 0.717) is 33.5 Å². The molecule has 1 aromatic heterocycles. The fourth-order valence-corrected chi connectivity index (χ4v) is 7.50. The van der Waals surface area contributed by atoms with Gasteiger partial charge >= 0.3 is 0 Å². The second kappa shape index (κ2) is 11.4. The zero-order chi connectivity index (χ0) is 27.5. The highest BCUT2D eigenvalue weighted by molar-refractivity contribution is 7.92. The average Bonchev–Trinajstić information content (AvgIpc) is 3.42. The van der Waals surface area contributed by atoms with E-state index in [0.717, 1.165) is 5.56 Å². The first-order valence-corrected chi connectivity index (χ1v) is 14.7. The van der Waals surface area contributed by atoms with Gasteiger partial charge in [0.05, 0.1) is 11.3 Å². The Labute approximate surface area is 238 Å². The molecular formula is C30H26Cl2N2O4S. The summed E-state index contributed by atoms with van der Waals surface area (Å²) in [6, 6.07) is 24.2. The summed E-state index contributed by atoms with van der Waals surface area (Å²) >= 11 is 12.5. The summed E-state index contributed by atoms with van der Waals surface area (Å²) in [5.41, 5.74) is 2.11. The van der Waals surface area contributed by atoms with Crippen LogP contribution in [0.1, 0.15) is 23.1 Å². The van der Waals surface area contributed by atoms with Crippen LogP contribution in [-0.2, 0) is 32.4 Å². The number of carbonyl (C=O) groups is 1. The van der Waals surface area contributed by atoms with Gasteiger partial charge in [0.25, 0.3) is 0 Å². The lowest BCUT2D eigenvalue weighted by atomic mass is 9.97. The average molecular weight is 582 g/mol. The van der Waals surface area contributed by atoms with Crippen molar-refractivity contribution in [2.75, 3.05) is 13.1 Å². The predicted molar refractivity (Wildman–Crippen MR) is 152 cm³/mol. The molecule has 2 heterocycles. The number of halogens is 2. The number of benzene rings is 3. The lowest BCUT2D eigenvalue weighted by Crippen LogP contribution is -2.41. The van der Waals surface area contributed by atoms with Gasteiger partial charge in [-0.25, -0.2) is 8.42 Å². The van der Waals surface area contributed by atoms with Crippen LogP contribution in [0.3, 0.4) is 0 Å². The van der Waals surface area contributed by atoms with E-state index in [1.165, 1.54) is 0 Å². The van der Waals surface area contributed by atoms with Gasteiger partial charge in [0.2, 0.25) is 5.91 Å². The quantitative estimate of drug-likeness (QED) is 0.251. The van der Waals surface area contributed by atoms with Crippen molar-refractivity contribution in [2.24, 2.45) is 0 Å². The smallest absolute Gasteiger partial charge is 0.227 e. The molecule has 0 N–H and O–H groups in total. The van der Waals surface area contributed by atoms with Crippen molar-refractivity contribution < 1.29 is 17.9 Å². The lowest BCUT2D eigenvalue weighted by Gasteiger charge is -2.30. The number of carbonyl (C=O) groups excluding carboxylic acids is 1. The van der Waals surface area contributed by atoms with Crippen LogP contribution in [0.4, 0.5) is 0 Å². The first-order chi connectivity index (χ1) is 18.8. The largest absolute Gasteiger partial charge is 0.489 e. The number of hydrogen-bond acceptors (Lipinski definition) is 5. The zero-order valence-corrected chi connectivity index (χ0v) is 23.3. The first-order valence-electron chi connectivity index (χ1n) is 12.4. The van der Waals surface area contributed by atoms with Crippen molar-refractivity contribution in [3.05, 3.63) is 124 Å². The van der Waals surface area contributed by atoms with Gasteiger partial charge < -0.3 is 9.64 Å². The summed E-state index contributed by atoms with van der Waals surface area (Å²) in [4.78, 5) is 19.1. The van der Waals surface area contributed by atoms with Gasteiger partial charge in [-0.05, 0) is 66.1 Å². The van der Waals surface area contributed by atoms with Gasteiger partial charge in [-0.3, -0.25) is 9.78 Å². The van der Waals surface area contributed by atoms with Crippen LogP contribution >= 0.6 is 23.2 Å². The monoisotopic (exact) mass is 580 g/mol. The van der Waals surface area contributed by atoms with E-state index in [4.69, 9.17) is 27.9 Å². The fourth-order valence-electron chi connectivity index (χ4n) is 4.90. The highest BCUT2D eigenvalue weighted by atomic mass is 35.5. The van der Waals surface area contributed by atoms with Crippen molar-refractivity contribution in [1.82, 2.24) is 9.88 Å². The third kappa shape index (κ3) is 5.53. The van der Waals surface area contributed by atoms with E-state index < -0.39 is 14.6 Å². The lowest BCUT2D eigenvalue weighted by molar-refractivity contribution is -0.129. The van der Waals surface area contributed by atoms with Crippen molar-refractivity contribution >= 4 is 38.9 Å². The van der Waals surface area contributed by atoms with Crippen molar-refractivity contribution in [3.63, 3.8) is 0 Å². The zero-order valence-electron chi connectivity index (χ0n) is 21.0. The second-order valence-corrected chi connectivity index (χ2v) is 12.5. The molecule has 1 atom stereocenters. The molecule has 1 saturated heterocycles. The molecule has 6 nitrogen and oxygen atoms in total. The Balaban J connectivity index is 1.43. The SMILES string of the molecule is O=C(Cc1ccncc1)N1CCC(c2ccc(OCc3c(Cl)cccc3Cl)cc2)(S(=O)(=O)c2ccccc2)C1. The van der Waals surface area contributed by atoms with Crippen LogP contribution < -0.4 is 4.74 Å². The molecule has 1 unspecified atom stereocenters. The Morgan fingerprint density at radius 2 is 1.56 bits per heavy atom. The molecule has 0 saturated carbocycles. The number of rotatable bonds is 8. The molecule has 5 rings (SSSR count). The number of aromatic nitrogens is 1. The number of amides is 1. The van der Waals surface area contributed by atoms with Crippen molar-refractivity contribution in [2.45, 2.75) is 29.1 Å². The molecule has 1 fully saturated rings. The highest BCUT2D eigenvalue weighted by Gasteiger charge is 2.52. The Morgan fingerprint density at radius 1 is 0.897 bits per heavy atom. The summed E-state index contributed by atoms with van der Waals surface area (Å²) in [7, 11) is -3.85. The number of pyridine rings is 1. The minimum absolute atomic E-state index is 0.0591. The van der Waals surface area contributed by atoms with Crippen LogP contribution in [0.15, 0.2) is 102 Å². The van der Waals surface area contributed by atoms with Crippen LogP contribution in [-0.4, -0.2) is 37.3 Å². The third-order valence-electron chi connectivity index (χ3n) is 7.08. The number of sulfone groups is 1. The molecule has 1 aliphatic rings. The number of nitrogens with zero attached hydrogens (tertiary/aromatic N) is 2. The molecule has 4 aromatic rings. The molecular weight excluding hydrogens is 555 g/mol. The van der Waals surface area contributed by atoms with Crippen LogP contribution in [0, 0.1) is 0 Å². The van der Waals surface area contributed by atoms with Crippen LogP contribution in [0.25, 0.3) is 0 Å². The Morgan fingerprint density at radius 3 is 2.23 bits per heavy atom. The molecule has 200 valence electrons. The maximum absolute atomic E-state index is 14.1. The topological polar surface area (TPSA) is 76.6 Å². The fraction of sp³-hybridized carbons (Fsp3) is 0.200. The Hall–Kier alpha value is -3.39. The van der Waals surface area contributed by atoms with Gasteiger partial charge in [0, 0.05) is 41.1 Å². The van der Waals surface area contributed by atoms with Crippen LogP contribution in [0.5, 0.6) is 5.75 Å². The summed E-state index contributed by atoms with van der Waals surface area (Å²) in [6.45, 7) is 0.561. The van der Waals surface area contributed by atoms with Crippen LogP contribution in [0.2, 0.25) is 10.0 Å². The van der Waals surface area contributed by atoms with Crippen molar-refractivity contribution in [1.29, 1.82) is 0 Å². The summed E-state index contributed by atoms with van der Waals surface area (Å²) in [6.07, 6.45) is 3.74. The summed E-state index contributed by atoms with van der Waals surface area (Å²) < 4.78 is 32.9. The number of hydrogen-bond donors (Lipinski definition) is 0. The molecule has 1 amide bonds. The van der Waals surface area contributed by atoms with Gasteiger partial charge in [-0.15, -0.1) is 0 Å². The highest BCUT2D eigenvalue weighted by Crippen LogP contribution is 2.44. The maximum Gasteiger partial charge on any atom is 0.227 e. The third-order valence-corrected chi connectivity index (χ3v) is 10.3. The van der Waals surface area contributed by atoms with Gasteiger partial charge in [0.15, 0.2) is 9.84 Å². The molecule has 39 heavy (non-hydrogen) atoms. The van der Waals surface area contributed by atoms with E-state index in [1.807, 2.05) is 0 Å². The normalized spacial score (nSPS) is 17.2. The standard InChI is InChI=1S/C30H26Cl2N2O4S/c31-27-7-4-8-28(32)26(27)20-38-24-11-9-23(10-12-24)30(39(36,37)25-5-2-1-3-6-25)15-18-34(21-30)29(35)19-22-13-16-33-17-14-22/h1-14,16-17H,15,18-21H2. The second-order valence-electron chi connectivity index (χ2n) is 9.42. The molecule has 0 bridgehead atoms. The maximum atomic E-state index is 14.1. The van der Waals surface area contributed by atoms with E-state index in [-0.39, 0.29) is 36.8 Å². The van der Waals surface area contributed by atoms with E-state index >= 15 is 0 Å². The van der Waals surface area contributed by atoms with E-state index in [9.17, 15) is 13.2 Å². The summed E-state index contributed by atoms with van der Waals surface area (Å²) in [5.74, 6) is 0.425. The molecule has 1 aliphatic heterocycles. The number of ether oxygens (including phenoxy) is 1. The number of likely N-dealkylation sites (tertiary alicyclic amines) is 1. The van der Waals surface area contributed by atoms with Crippen molar-refractivity contribution in [3.8, 4) is 5.75 Å². The van der Waals surface area contributed by atoms with E-state index in [2.05, 4.69) is 4.98 Å². The Kier molecular flexibility index (Phi) is 7.93. The molecule has 3 aromatic carbocycles.